The standard InChI is InChI=1S/C8H16O8P2/c1-3-4-8(7(2)5-9)6-15-18(13,14)16-17(10,11)12/h4,7-9H,1,5-6H2,2H3,(H,13,14)(H2,10,11,12). The predicted octanol–water partition coefficient (Wildman–Crippen LogP) is 0.798. The number of rotatable bonds is 8. The number of aliphatic hydroxyl groups excluding tert-OH is 1. The van der Waals surface area contributed by atoms with Gasteiger partial charge in [-0.15, -0.1) is 5.73 Å². The van der Waals surface area contributed by atoms with Crippen LogP contribution in [-0.4, -0.2) is 33.0 Å². The van der Waals surface area contributed by atoms with Crippen LogP contribution in [-0.2, 0) is 18.0 Å². The van der Waals surface area contributed by atoms with E-state index in [2.05, 4.69) is 21.1 Å². The third-order valence-corrected chi connectivity index (χ3v) is 4.14. The van der Waals surface area contributed by atoms with Crippen LogP contribution >= 0.6 is 15.6 Å². The largest absolute Gasteiger partial charge is 0.481 e. The molecule has 0 saturated carbocycles. The van der Waals surface area contributed by atoms with Crippen LogP contribution in [0.4, 0.5) is 0 Å². The zero-order valence-corrected chi connectivity index (χ0v) is 11.5. The molecule has 0 aliphatic carbocycles. The lowest BCUT2D eigenvalue weighted by Crippen LogP contribution is -2.18. The van der Waals surface area contributed by atoms with Gasteiger partial charge in [0.25, 0.3) is 0 Å². The van der Waals surface area contributed by atoms with Crippen molar-refractivity contribution in [1.82, 2.24) is 0 Å². The average molecular weight is 302 g/mol. The molecule has 10 heteroatoms. The van der Waals surface area contributed by atoms with Crippen molar-refractivity contribution in [1.29, 1.82) is 0 Å². The van der Waals surface area contributed by atoms with E-state index in [1.54, 1.807) is 6.92 Å². The zero-order chi connectivity index (χ0) is 14.4. The third-order valence-electron chi connectivity index (χ3n) is 1.99. The molecule has 3 atom stereocenters. The fourth-order valence-corrected chi connectivity index (χ4v) is 2.63. The Balaban J connectivity index is 4.56. The molecular formula is C8H16O8P2. The highest BCUT2D eigenvalue weighted by Crippen LogP contribution is 2.57. The minimum absolute atomic E-state index is 0.207. The van der Waals surface area contributed by atoms with Gasteiger partial charge < -0.3 is 19.8 Å². The van der Waals surface area contributed by atoms with Crippen molar-refractivity contribution in [3.05, 3.63) is 18.4 Å². The van der Waals surface area contributed by atoms with Gasteiger partial charge >= 0.3 is 15.6 Å². The first-order valence-electron chi connectivity index (χ1n) is 4.82. The van der Waals surface area contributed by atoms with Crippen LogP contribution in [0.2, 0.25) is 0 Å². The van der Waals surface area contributed by atoms with E-state index in [1.807, 2.05) is 0 Å². The maximum Gasteiger partial charge on any atom is 0.481 e. The summed E-state index contributed by atoms with van der Waals surface area (Å²) in [5.74, 6) is -0.803. The zero-order valence-electron chi connectivity index (χ0n) is 9.67. The summed E-state index contributed by atoms with van der Waals surface area (Å²) in [5, 5.41) is 8.94. The van der Waals surface area contributed by atoms with Gasteiger partial charge in [-0.3, -0.25) is 4.52 Å². The van der Waals surface area contributed by atoms with Crippen LogP contribution in [0, 0.1) is 11.8 Å². The summed E-state index contributed by atoms with van der Waals surface area (Å²) >= 11 is 0. The summed E-state index contributed by atoms with van der Waals surface area (Å²) in [6, 6.07) is 0. The predicted molar refractivity (Wildman–Crippen MR) is 62.4 cm³/mol. The quantitative estimate of drug-likeness (QED) is 0.382. The van der Waals surface area contributed by atoms with Crippen molar-refractivity contribution >= 4 is 15.6 Å². The molecule has 0 aliphatic heterocycles. The number of phosphoric acid groups is 2. The lowest BCUT2D eigenvalue weighted by Gasteiger charge is -2.19. The molecule has 3 unspecified atom stereocenters. The lowest BCUT2D eigenvalue weighted by molar-refractivity contribution is 0.131. The number of hydrogen-bond donors (Lipinski definition) is 4. The Hall–Kier alpha value is -0.260. The van der Waals surface area contributed by atoms with Crippen molar-refractivity contribution < 1.29 is 37.8 Å². The van der Waals surface area contributed by atoms with Crippen LogP contribution in [0.3, 0.4) is 0 Å². The Labute approximate surface area is 104 Å². The fourth-order valence-electron chi connectivity index (χ4n) is 1.00. The Morgan fingerprint density at radius 1 is 1.39 bits per heavy atom. The Morgan fingerprint density at radius 2 is 1.94 bits per heavy atom. The van der Waals surface area contributed by atoms with Gasteiger partial charge in [0.1, 0.15) is 0 Å². The summed E-state index contributed by atoms with van der Waals surface area (Å²) in [4.78, 5) is 25.8. The summed E-state index contributed by atoms with van der Waals surface area (Å²) in [6.45, 7) is 4.38. The average Bonchev–Trinajstić information content (AvgIpc) is 2.19. The SMILES string of the molecule is C=C=CC(COP(=O)(O)OP(=O)(O)O)C(C)CO. The summed E-state index contributed by atoms with van der Waals surface area (Å²) < 4.78 is 29.6. The van der Waals surface area contributed by atoms with Gasteiger partial charge in [-0.2, -0.15) is 4.31 Å². The van der Waals surface area contributed by atoms with E-state index in [-0.39, 0.29) is 19.1 Å². The van der Waals surface area contributed by atoms with Gasteiger partial charge in [0, 0.05) is 12.5 Å². The van der Waals surface area contributed by atoms with Gasteiger partial charge in [-0.05, 0) is 12.0 Å². The third kappa shape index (κ3) is 7.95. The molecule has 0 rings (SSSR count). The molecule has 0 aromatic heterocycles. The highest BCUT2D eigenvalue weighted by molar-refractivity contribution is 7.60. The number of aliphatic hydroxyl groups is 1. The second-order valence-electron chi connectivity index (χ2n) is 3.53. The van der Waals surface area contributed by atoms with Gasteiger partial charge in [0.05, 0.1) is 6.61 Å². The molecule has 0 spiro atoms. The molecule has 4 N–H and O–H groups in total. The smallest absolute Gasteiger partial charge is 0.396 e. The summed E-state index contributed by atoms with van der Waals surface area (Å²) in [5.41, 5.74) is 2.44. The van der Waals surface area contributed by atoms with E-state index in [0.717, 1.165) is 0 Å². The Bertz CT molecular complexity index is 396. The lowest BCUT2D eigenvalue weighted by atomic mass is 9.96. The molecule has 106 valence electrons. The van der Waals surface area contributed by atoms with Crippen molar-refractivity contribution in [3.63, 3.8) is 0 Å². The molecule has 0 aliphatic rings. The van der Waals surface area contributed by atoms with E-state index < -0.39 is 21.6 Å². The number of hydrogen-bond acceptors (Lipinski definition) is 5. The minimum Gasteiger partial charge on any atom is -0.396 e. The second kappa shape index (κ2) is 7.36. The molecule has 0 heterocycles. The molecule has 0 amide bonds. The molecule has 0 saturated heterocycles. The summed E-state index contributed by atoms with van der Waals surface area (Å²) in [7, 11) is -9.97. The molecule has 0 radical (unpaired) electrons. The van der Waals surface area contributed by atoms with Crippen molar-refractivity contribution in [2.24, 2.45) is 11.8 Å². The molecule has 0 aromatic rings. The van der Waals surface area contributed by atoms with Gasteiger partial charge in [0.2, 0.25) is 0 Å². The molecule has 0 bridgehead atoms. The van der Waals surface area contributed by atoms with E-state index in [9.17, 15) is 9.13 Å². The Kier molecular flexibility index (Phi) is 7.25. The first kappa shape index (κ1) is 17.7. The molecule has 18 heavy (non-hydrogen) atoms. The van der Waals surface area contributed by atoms with Crippen LogP contribution in [0.15, 0.2) is 18.4 Å². The molecular weight excluding hydrogens is 286 g/mol. The molecule has 0 fully saturated rings. The highest BCUT2D eigenvalue weighted by Gasteiger charge is 2.33. The topological polar surface area (TPSA) is 134 Å². The second-order valence-corrected chi connectivity index (χ2v) is 6.36. The Morgan fingerprint density at radius 3 is 2.33 bits per heavy atom. The normalized spacial score (nSPS) is 18.5. The van der Waals surface area contributed by atoms with Gasteiger partial charge in [-0.25, -0.2) is 9.13 Å². The van der Waals surface area contributed by atoms with Crippen molar-refractivity contribution in [2.75, 3.05) is 13.2 Å². The van der Waals surface area contributed by atoms with Crippen molar-refractivity contribution in [2.45, 2.75) is 6.92 Å². The van der Waals surface area contributed by atoms with Crippen LogP contribution in [0.5, 0.6) is 0 Å². The fraction of sp³-hybridized carbons (Fsp3) is 0.625. The van der Waals surface area contributed by atoms with Crippen molar-refractivity contribution in [3.8, 4) is 0 Å². The molecule has 0 aromatic carbocycles. The first-order valence-corrected chi connectivity index (χ1v) is 7.85. The molecule has 8 nitrogen and oxygen atoms in total. The number of phosphoric ester groups is 1. The van der Waals surface area contributed by atoms with Crippen LogP contribution in [0.25, 0.3) is 0 Å². The van der Waals surface area contributed by atoms with Gasteiger partial charge in [0.15, 0.2) is 0 Å². The monoisotopic (exact) mass is 302 g/mol. The van der Waals surface area contributed by atoms with Gasteiger partial charge in [-0.1, -0.05) is 13.5 Å². The van der Waals surface area contributed by atoms with Crippen LogP contribution < -0.4 is 0 Å². The van der Waals surface area contributed by atoms with Crippen LogP contribution in [0.1, 0.15) is 6.92 Å². The minimum atomic E-state index is -5.12. The van der Waals surface area contributed by atoms with E-state index in [4.69, 9.17) is 19.8 Å². The summed E-state index contributed by atoms with van der Waals surface area (Å²) in [6.07, 6.45) is 1.42. The highest BCUT2D eigenvalue weighted by atomic mass is 31.3. The maximum atomic E-state index is 11.2. The van der Waals surface area contributed by atoms with E-state index >= 15 is 0 Å². The van der Waals surface area contributed by atoms with E-state index in [0.29, 0.717) is 0 Å². The first-order chi connectivity index (χ1) is 8.11. The van der Waals surface area contributed by atoms with E-state index in [1.165, 1.54) is 6.08 Å². The maximum absolute atomic E-state index is 11.2.